The lowest BCUT2D eigenvalue weighted by Crippen LogP contribution is -2.39. The Morgan fingerprint density at radius 3 is 2.56 bits per heavy atom. The van der Waals surface area contributed by atoms with Crippen molar-refractivity contribution < 1.29 is 8.42 Å². The summed E-state index contributed by atoms with van der Waals surface area (Å²) in [5.74, 6) is 0. The van der Waals surface area contributed by atoms with Gasteiger partial charge in [0.15, 0.2) is 0 Å². The minimum absolute atomic E-state index is 0.340. The molecule has 1 heterocycles. The van der Waals surface area contributed by atoms with E-state index in [1.807, 2.05) is 13.0 Å². The lowest BCUT2D eigenvalue weighted by molar-refractivity contribution is 0.385. The first-order valence-corrected chi connectivity index (χ1v) is 7.44. The van der Waals surface area contributed by atoms with Crippen LogP contribution in [0.3, 0.4) is 0 Å². The predicted octanol–water partition coefficient (Wildman–Crippen LogP) is 1.49. The molecule has 0 radical (unpaired) electrons. The third kappa shape index (κ3) is 4.04. The Bertz CT molecular complexity index is 448. The van der Waals surface area contributed by atoms with E-state index in [2.05, 4.69) is 4.98 Å². The summed E-state index contributed by atoms with van der Waals surface area (Å²) in [5.41, 5.74) is 0.882. The molecular weight excluding hydrogens is 250 g/mol. The van der Waals surface area contributed by atoms with Crippen LogP contribution in [0.25, 0.3) is 0 Å². The molecule has 102 valence electrons. The quantitative estimate of drug-likeness (QED) is 0.755. The summed E-state index contributed by atoms with van der Waals surface area (Å²) >= 11 is 0. The van der Waals surface area contributed by atoms with Crippen LogP contribution in [-0.4, -0.2) is 42.7 Å². The molecule has 0 saturated heterocycles. The highest BCUT2D eigenvalue weighted by Gasteiger charge is 2.22. The van der Waals surface area contributed by atoms with Gasteiger partial charge in [-0.25, -0.2) is 0 Å². The molecule has 0 aliphatic carbocycles. The molecule has 0 aliphatic rings. The summed E-state index contributed by atoms with van der Waals surface area (Å²) < 4.78 is 27.1. The van der Waals surface area contributed by atoms with E-state index >= 15 is 0 Å². The van der Waals surface area contributed by atoms with Gasteiger partial charge in [0, 0.05) is 39.6 Å². The molecule has 6 heteroatoms. The molecule has 0 atom stereocenters. The number of aromatic nitrogens is 1. The van der Waals surface area contributed by atoms with Gasteiger partial charge in [0.2, 0.25) is 0 Å². The number of nitrogens with zero attached hydrogens (tertiary/aromatic N) is 3. The van der Waals surface area contributed by atoms with Gasteiger partial charge in [-0.05, 0) is 18.1 Å². The van der Waals surface area contributed by atoms with Crippen molar-refractivity contribution in [2.75, 3.05) is 20.6 Å². The fourth-order valence-electron chi connectivity index (χ4n) is 1.56. The van der Waals surface area contributed by atoms with Gasteiger partial charge < -0.3 is 0 Å². The summed E-state index contributed by atoms with van der Waals surface area (Å²) in [5, 5.41) is 0. The van der Waals surface area contributed by atoms with Crippen LogP contribution in [0.2, 0.25) is 0 Å². The third-order valence-electron chi connectivity index (χ3n) is 2.74. The van der Waals surface area contributed by atoms with E-state index in [-0.39, 0.29) is 0 Å². The zero-order valence-corrected chi connectivity index (χ0v) is 12.0. The van der Waals surface area contributed by atoms with Crippen LogP contribution in [-0.2, 0) is 16.8 Å². The second kappa shape index (κ2) is 6.82. The average molecular weight is 271 g/mol. The average Bonchev–Trinajstić information content (AvgIpc) is 2.36. The second-order valence-electron chi connectivity index (χ2n) is 4.30. The van der Waals surface area contributed by atoms with Gasteiger partial charge in [-0.3, -0.25) is 4.98 Å². The lowest BCUT2D eigenvalue weighted by atomic mass is 10.3. The molecule has 5 nitrogen and oxygen atoms in total. The van der Waals surface area contributed by atoms with E-state index in [9.17, 15) is 8.42 Å². The largest absolute Gasteiger partial charge is 0.281 e. The van der Waals surface area contributed by atoms with Crippen molar-refractivity contribution in [2.45, 2.75) is 26.3 Å². The summed E-state index contributed by atoms with van der Waals surface area (Å²) in [7, 11) is -0.167. The number of hydrogen-bond donors (Lipinski definition) is 0. The Balaban J connectivity index is 2.67. The molecule has 0 aromatic carbocycles. The monoisotopic (exact) mass is 271 g/mol. The normalized spacial score (nSPS) is 12.3. The smallest absolute Gasteiger partial charge is 0.264 e. The first kappa shape index (κ1) is 15.1. The summed E-state index contributed by atoms with van der Waals surface area (Å²) in [6.45, 7) is 2.93. The van der Waals surface area contributed by atoms with Gasteiger partial charge in [0.1, 0.15) is 0 Å². The zero-order chi connectivity index (χ0) is 13.6. The van der Waals surface area contributed by atoms with Gasteiger partial charge in [-0.2, -0.15) is 17.0 Å². The van der Waals surface area contributed by atoms with Crippen molar-refractivity contribution in [3.8, 4) is 0 Å². The van der Waals surface area contributed by atoms with Crippen LogP contribution >= 0.6 is 0 Å². The molecule has 0 aliphatic heterocycles. The maximum atomic E-state index is 12.2. The maximum absolute atomic E-state index is 12.2. The Hall–Kier alpha value is -0.980. The Morgan fingerprint density at radius 1 is 1.28 bits per heavy atom. The van der Waals surface area contributed by atoms with Gasteiger partial charge in [-0.1, -0.05) is 19.4 Å². The molecule has 1 aromatic rings. The fourth-order valence-corrected chi connectivity index (χ4v) is 2.71. The Labute approximate surface area is 110 Å². The first-order chi connectivity index (χ1) is 8.48. The SMILES string of the molecule is CCCCN(C)S(=O)(=O)N(C)Cc1cccnc1. The van der Waals surface area contributed by atoms with Crippen molar-refractivity contribution in [1.82, 2.24) is 13.6 Å². The van der Waals surface area contributed by atoms with Gasteiger partial charge in [0.25, 0.3) is 10.2 Å². The number of rotatable bonds is 7. The lowest BCUT2D eigenvalue weighted by Gasteiger charge is -2.24. The van der Waals surface area contributed by atoms with E-state index in [1.54, 1.807) is 32.6 Å². The van der Waals surface area contributed by atoms with E-state index in [4.69, 9.17) is 0 Å². The van der Waals surface area contributed by atoms with E-state index < -0.39 is 10.2 Å². The van der Waals surface area contributed by atoms with Gasteiger partial charge >= 0.3 is 0 Å². The summed E-state index contributed by atoms with van der Waals surface area (Å²) in [6.07, 6.45) is 5.20. The van der Waals surface area contributed by atoms with Crippen LogP contribution in [0, 0.1) is 0 Å². The number of hydrogen-bond acceptors (Lipinski definition) is 3. The molecule has 18 heavy (non-hydrogen) atoms. The Kier molecular flexibility index (Phi) is 5.71. The van der Waals surface area contributed by atoms with Crippen LogP contribution in [0.4, 0.5) is 0 Å². The van der Waals surface area contributed by atoms with Crippen LogP contribution < -0.4 is 0 Å². The predicted molar refractivity (Wildman–Crippen MR) is 72.2 cm³/mol. The topological polar surface area (TPSA) is 53.5 Å². The van der Waals surface area contributed by atoms with Gasteiger partial charge in [-0.15, -0.1) is 0 Å². The standard InChI is InChI=1S/C12H21N3O2S/c1-4-5-9-14(2)18(16,17)15(3)11-12-7-6-8-13-10-12/h6-8,10H,4-5,9,11H2,1-3H3. The highest BCUT2D eigenvalue weighted by molar-refractivity contribution is 7.86. The number of pyridine rings is 1. The molecule has 0 bridgehead atoms. The summed E-state index contributed by atoms with van der Waals surface area (Å²) in [6, 6.07) is 3.67. The van der Waals surface area contributed by atoms with E-state index in [1.165, 1.54) is 8.61 Å². The molecule has 0 saturated carbocycles. The van der Waals surface area contributed by atoms with Crippen molar-refractivity contribution in [2.24, 2.45) is 0 Å². The zero-order valence-electron chi connectivity index (χ0n) is 11.2. The molecule has 0 amide bonds. The van der Waals surface area contributed by atoms with Crippen LogP contribution in [0.5, 0.6) is 0 Å². The third-order valence-corrected chi connectivity index (χ3v) is 4.63. The minimum Gasteiger partial charge on any atom is -0.264 e. The van der Waals surface area contributed by atoms with Gasteiger partial charge in [0.05, 0.1) is 0 Å². The van der Waals surface area contributed by atoms with E-state index in [0.29, 0.717) is 13.1 Å². The minimum atomic E-state index is -3.37. The molecule has 1 rings (SSSR count). The Morgan fingerprint density at radius 2 is 2.00 bits per heavy atom. The molecule has 1 aromatic heterocycles. The molecule has 0 spiro atoms. The van der Waals surface area contributed by atoms with Crippen LogP contribution in [0.15, 0.2) is 24.5 Å². The first-order valence-electron chi connectivity index (χ1n) is 6.05. The van der Waals surface area contributed by atoms with Crippen molar-refractivity contribution in [3.63, 3.8) is 0 Å². The second-order valence-corrected chi connectivity index (χ2v) is 6.44. The fraction of sp³-hybridized carbons (Fsp3) is 0.583. The molecule has 0 unspecified atom stereocenters. The van der Waals surface area contributed by atoms with Crippen molar-refractivity contribution >= 4 is 10.2 Å². The molecular formula is C12H21N3O2S. The highest BCUT2D eigenvalue weighted by atomic mass is 32.2. The highest BCUT2D eigenvalue weighted by Crippen LogP contribution is 2.10. The molecule has 0 fully saturated rings. The maximum Gasteiger partial charge on any atom is 0.281 e. The molecule has 0 N–H and O–H groups in total. The van der Waals surface area contributed by atoms with Crippen molar-refractivity contribution in [1.29, 1.82) is 0 Å². The number of unbranched alkanes of at least 4 members (excludes halogenated alkanes) is 1. The van der Waals surface area contributed by atoms with E-state index in [0.717, 1.165) is 18.4 Å². The summed E-state index contributed by atoms with van der Waals surface area (Å²) in [4.78, 5) is 3.98. The van der Waals surface area contributed by atoms with Crippen LogP contribution in [0.1, 0.15) is 25.3 Å². The van der Waals surface area contributed by atoms with Crippen molar-refractivity contribution in [3.05, 3.63) is 30.1 Å².